The Hall–Kier alpha value is -4.33. The number of anilines is 2. The largest absolute Gasteiger partial charge is 0.490 e. The van der Waals surface area contributed by atoms with E-state index in [-0.39, 0.29) is 37.4 Å². The fraction of sp³-hybridized carbons (Fsp3) is 0.528. The molecule has 266 valence electrons. The Morgan fingerprint density at radius 3 is 2.61 bits per heavy atom. The Balaban J connectivity index is 1.37. The van der Waals surface area contributed by atoms with Crippen molar-refractivity contribution in [1.29, 1.82) is 0 Å². The first-order chi connectivity index (χ1) is 23.5. The second-order valence-corrected chi connectivity index (χ2v) is 13.2. The second-order valence-electron chi connectivity index (χ2n) is 13.2. The van der Waals surface area contributed by atoms with Gasteiger partial charge in [-0.3, -0.25) is 9.69 Å². The zero-order chi connectivity index (χ0) is 35.1. The van der Waals surface area contributed by atoms with E-state index in [9.17, 15) is 14.7 Å². The molecule has 4 atom stereocenters. The van der Waals surface area contributed by atoms with Crippen molar-refractivity contribution in [3.63, 3.8) is 0 Å². The first kappa shape index (κ1) is 36.0. The molecule has 0 unspecified atom stereocenters. The lowest BCUT2D eigenvalue weighted by Crippen LogP contribution is -2.47. The van der Waals surface area contributed by atoms with Gasteiger partial charge in [0, 0.05) is 37.8 Å². The number of benzene rings is 2. The predicted molar refractivity (Wildman–Crippen MR) is 184 cm³/mol. The summed E-state index contributed by atoms with van der Waals surface area (Å²) in [5.74, 6) is 2.02. The van der Waals surface area contributed by atoms with Gasteiger partial charge in [0.05, 0.1) is 30.4 Å². The van der Waals surface area contributed by atoms with Crippen molar-refractivity contribution >= 4 is 23.3 Å². The van der Waals surface area contributed by atoms with E-state index in [1.54, 1.807) is 36.9 Å². The number of nitrogens with zero attached hydrogens (tertiary/aromatic N) is 3. The van der Waals surface area contributed by atoms with E-state index in [1.807, 2.05) is 32.0 Å². The standard InChI is InChI=1S/C36H49N5O8/c1-22-17-41(23(2)20-42)35(43)29-16-28(37-36(44)38-34-25(4)39-49-26(34)5)11-13-30(29)48-24(3)9-7-8-14-45-33(22)19-40(6)18-27-10-12-31-32(15-27)47-21-46-31/h10-13,15-16,22-24,33,42H,7-9,14,17-21H2,1-6H3,(H2,37,38,44)/t22-,23+,24+,33-/m1/s1. The molecule has 0 fully saturated rings. The van der Waals surface area contributed by atoms with Crippen LogP contribution in [0.15, 0.2) is 40.9 Å². The van der Waals surface area contributed by atoms with Crippen molar-refractivity contribution in [1.82, 2.24) is 15.0 Å². The molecule has 13 heteroatoms. The minimum Gasteiger partial charge on any atom is -0.490 e. The first-order valence-electron chi connectivity index (χ1n) is 16.9. The third-order valence-corrected chi connectivity index (χ3v) is 8.96. The molecule has 13 nitrogen and oxygen atoms in total. The second kappa shape index (κ2) is 16.4. The summed E-state index contributed by atoms with van der Waals surface area (Å²) < 4.78 is 29.0. The highest BCUT2D eigenvalue weighted by Gasteiger charge is 2.30. The molecule has 3 amide bonds. The predicted octanol–water partition coefficient (Wildman–Crippen LogP) is 5.59. The Labute approximate surface area is 287 Å². The minimum absolute atomic E-state index is 0.0782. The van der Waals surface area contributed by atoms with Crippen molar-refractivity contribution in [2.75, 3.05) is 50.8 Å². The number of likely N-dealkylation sites (N-methyl/N-ethyl adjacent to an activating group) is 1. The van der Waals surface area contributed by atoms with Crippen LogP contribution in [-0.2, 0) is 11.3 Å². The van der Waals surface area contributed by atoms with Gasteiger partial charge >= 0.3 is 6.03 Å². The average molecular weight is 680 g/mol. The van der Waals surface area contributed by atoms with Crippen LogP contribution in [0.3, 0.4) is 0 Å². The molecule has 49 heavy (non-hydrogen) atoms. The average Bonchev–Trinajstić information content (AvgIpc) is 3.67. The molecule has 0 spiro atoms. The Morgan fingerprint density at radius 2 is 1.86 bits per heavy atom. The fourth-order valence-corrected chi connectivity index (χ4v) is 6.12. The number of nitrogens with one attached hydrogen (secondary N) is 2. The van der Waals surface area contributed by atoms with Crippen molar-refractivity contribution < 1.29 is 38.2 Å². The molecule has 2 aliphatic rings. The van der Waals surface area contributed by atoms with E-state index in [1.165, 1.54) is 0 Å². The Morgan fingerprint density at radius 1 is 1.08 bits per heavy atom. The molecule has 2 aromatic carbocycles. The number of ether oxygens (including phenoxy) is 4. The summed E-state index contributed by atoms with van der Waals surface area (Å²) in [5.41, 5.74) is 2.84. The van der Waals surface area contributed by atoms with Crippen molar-refractivity contribution in [3.05, 3.63) is 59.0 Å². The number of hydrogen-bond acceptors (Lipinski definition) is 10. The number of hydrogen-bond donors (Lipinski definition) is 3. The van der Waals surface area contributed by atoms with Crippen LogP contribution in [0, 0.1) is 19.8 Å². The molecule has 0 saturated heterocycles. The van der Waals surface area contributed by atoms with Gasteiger partial charge in [-0.1, -0.05) is 18.1 Å². The molecule has 0 aliphatic carbocycles. The number of aliphatic hydroxyl groups is 1. The fourth-order valence-electron chi connectivity index (χ4n) is 6.12. The van der Waals surface area contributed by atoms with Crippen LogP contribution in [0.1, 0.15) is 67.4 Å². The summed E-state index contributed by atoms with van der Waals surface area (Å²) in [5, 5.41) is 19.7. The molecule has 0 bridgehead atoms. The number of urea groups is 1. The Kier molecular flexibility index (Phi) is 12.0. The molecule has 3 N–H and O–H groups in total. The molecule has 5 rings (SSSR count). The quantitative estimate of drug-likeness (QED) is 0.275. The number of rotatable bonds is 8. The van der Waals surface area contributed by atoms with Crippen molar-refractivity contribution in [3.8, 4) is 17.2 Å². The van der Waals surface area contributed by atoms with Crippen molar-refractivity contribution in [2.45, 2.75) is 78.7 Å². The van der Waals surface area contributed by atoms with E-state index in [2.05, 4.69) is 34.7 Å². The maximum atomic E-state index is 14.4. The highest BCUT2D eigenvalue weighted by Crippen LogP contribution is 2.33. The number of fused-ring (bicyclic) bond motifs is 2. The lowest BCUT2D eigenvalue weighted by molar-refractivity contribution is -0.0177. The van der Waals surface area contributed by atoms with Gasteiger partial charge in [0.2, 0.25) is 6.79 Å². The maximum Gasteiger partial charge on any atom is 0.323 e. The number of aliphatic hydroxyl groups excluding tert-OH is 1. The molecule has 2 aliphatic heterocycles. The molecule has 3 heterocycles. The van der Waals surface area contributed by atoms with Crippen LogP contribution < -0.4 is 24.8 Å². The van der Waals surface area contributed by atoms with Crippen LogP contribution in [0.25, 0.3) is 0 Å². The van der Waals surface area contributed by atoms with E-state index in [0.717, 1.165) is 36.3 Å². The zero-order valence-corrected chi connectivity index (χ0v) is 29.3. The smallest absolute Gasteiger partial charge is 0.323 e. The number of carbonyl (C=O) groups is 2. The summed E-state index contributed by atoms with van der Waals surface area (Å²) in [4.78, 5) is 31.2. The Bertz CT molecular complexity index is 1580. The molecular formula is C36H49N5O8. The van der Waals surface area contributed by atoms with Gasteiger partial charge in [-0.05, 0) is 89.9 Å². The van der Waals surface area contributed by atoms with Gasteiger partial charge in [0.15, 0.2) is 17.3 Å². The number of amides is 3. The zero-order valence-electron chi connectivity index (χ0n) is 29.3. The normalized spacial score (nSPS) is 20.7. The summed E-state index contributed by atoms with van der Waals surface area (Å²) in [6, 6.07) is 10.0. The highest BCUT2D eigenvalue weighted by molar-refractivity contribution is 6.03. The van der Waals surface area contributed by atoms with Crippen LogP contribution in [0.2, 0.25) is 0 Å². The van der Waals surface area contributed by atoms with Gasteiger partial charge in [-0.2, -0.15) is 0 Å². The lowest BCUT2D eigenvalue weighted by Gasteiger charge is -2.36. The SMILES string of the molecule is Cc1noc(C)c1NC(=O)Nc1ccc2c(c1)C(=O)N([C@@H](C)CO)C[C@@H](C)[C@@H](CN(C)Cc1ccc3c(c1)OCO3)OCCCC[C@H](C)O2. The summed E-state index contributed by atoms with van der Waals surface area (Å²) >= 11 is 0. The molecule has 3 aromatic rings. The summed E-state index contributed by atoms with van der Waals surface area (Å²) in [6.07, 6.45) is 2.19. The lowest BCUT2D eigenvalue weighted by atomic mass is 10.0. The molecule has 0 radical (unpaired) electrons. The maximum absolute atomic E-state index is 14.4. The molecule has 1 aromatic heterocycles. The monoisotopic (exact) mass is 679 g/mol. The number of aromatic nitrogens is 1. The van der Waals surface area contributed by atoms with Crippen LogP contribution in [0.4, 0.5) is 16.2 Å². The third kappa shape index (κ3) is 9.22. The van der Waals surface area contributed by atoms with Gasteiger partial charge in [-0.25, -0.2) is 4.79 Å². The van der Waals surface area contributed by atoms with Gasteiger partial charge in [0.1, 0.15) is 17.1 Å². The number of carbonyl (C=O) groups excluding carboxylic acids is 2. The van der Waals surface area contributed by atoms with Gasteiger partial charge < -0.3 is 44.1 Å². The summed E-state index contributed by atoms with van der Waals surface area (Å²) in [6.45, 7) is 11.6. The topological polar surface area (TPSA) is 148 Å². The van der Waals surface area contributed by atoms with Crippen LogP contribution >= 0.6 is 0 Å². The number of aryl methyl sites for hydroxylation is 2. The molecular weight excluding hydrogens is 630 g/mol. The molecule has 0 saturated carbocycles. The first-order valence-corrected chi connectivity index (χ1v) is 16.9. The minimum atomic E-state index is -0.504. The van der Waals surface area contributed by atoms with E-state index >= 15 is 0 Å². The van der Waals surface area contributed by atoms with E-state index < -0.39 is 12.1 Å². The summed E-state index contributed by atoms with van der Waals surface area (Å²) in [7, 11) is 2.05. The van der Waals surface area contributed by atoms with Crippen molar-refractivity contribution in [2.24, 2.45) is 5.92 Å². The van der Waals surface area contributed by atoms with E-state index in [0.29, 0.717) is 60.4 Å². The van der Waals surface area contributed by atoms with E-state index in [4.69, 9.17) is 23.5 Å². The van der Waals surface area contributed by atoms with Gasteiger partial charge in [-0.15, -0.1) is 0 Å². The van der Waals surface area contributed by atoms with Crippen LogP contribution in [-0.4, -0.2) is 90.4 Å². The van der Waals surface area contributed by atoms with Crippen LogP contribution in [0.5, 0.6) is 17.2 Å². The van der Waals surface area contributed by atoms with Gasteiger partial charge in [0.25, 0.3) is 5.91 Å². The highest BCUT2D eigenvalue weighted by atomic mass is 16.7. The third-order valence-electron chi connectivity index (χ3n) is 8.96.